The van der Waals surface area contributed by atoms with E-state index in [0.29, 0.717) is 29.1 Å². The molecule has 1 aromatic carbocycles. The molecule has 2 N–H and O–H groups in total. The van der Waals surface area contributed by atoms with Gasteiger partial charge < -0.3 is 15.1 Å². The predicted octanol–water partition coefficient (Wildman–Crippen LogP) is 3.14. The summed E-state index contributed by atoms with van der Waals surface area (Å²) in [5, 5.41) is 6.36. The van der Waals surface area contributed by atoms with Crippen LogP contribution in [0.25, 0.3) is 11.0 Å². The second-order valence-electron chi connectivity index (χ2n) is 6.12. The van der Waals surface area contributed by atoms with Crippen LogP contribution in [0.4, 0.5) is 5.69 Å². The summed E-state index contributed by atoms with van der Waals surface area (Å²) in [6, 6.07) is 6.58. The van der Waals surface area contributed by atoms with E-state index in [1.165, 1.54) is 25.3 Å². The fourth-order valence-electron chi connectivity index (χ4n) is 3.20. The summed E-state index contributed by atoms with van der Waals surface area (Å²) in [5.74, 6) is 0.286. The number of carbonyl (C=O) groups excluding carboxylic acids is 1. The maximum absolute atomic E-state index is 12.3. The number of anilines is 1. The third-order valence-electron chi connectivity index (χ3n) is 4.52. The molecule has 1 saturated carbocycles. The first-order chi connectivity index (χ1) is 11.2. The Hall–Kier alpha value is -2.30. The molecule has 1 aliphatic rings. The third kappa shape index (κ3) is 3.38. The summed E-state index contributed by atoms with van der Waals surface area (Å²) in [6.45, 7) is 0.647. The maximum atomic E-state index is 12.3. The number of nitrogens with one attached hydrogen (secondary N) is 2. The summed E-state index contributed by atoms with van der Waals surface area (Å²) in [5.41, 5.74) is 0.915. The van der Waals surface area contributed by atoms with Crippen molar-refractivity contribution in [2.24, 2.45) is 5.92 Å². The lowest BCUT2D eigenvalue weighted by Gasteiger charge is -2.21. The molecule has 0 spiro atoms. The average Bonchev–Trinajstić information content (AvgIpc) is 2.60. The summed E-state index contributed by atoms with van der Waals surface area (Å²) in [4.78, 5) is 24.5. The van der Waals surface area contributed by atoms with Gasteiger partial charge in [-0.3, -0.25) is 9.59 Å². The van der Waals surface area contributed by atoms with Crippen molar-refractivity contribution < 1.29 is 9.21 Å². The van der Waals surface area contributed by atoms with Crippen LogP contribution in [0.1, 0.15) is 42.7 Å². The second-order valence-corrected chi connectivity index (χ2v) is 6.12. The molecule has 1 aromatic heterocycles. The molecule has 0 unspecified atom stereocenters. The number of para-hydroxylation sites is 1. The molecule has 5 nitrogen and oxygen atoms in total. The van der Waals surface area contributed by atoms with E-state index >= 15 is 0 Å². The van der Waals surface area contributed by atoms with Crippen molar-refractivity contribution >= 4 is 22.6 Å². The molecule has 3 rings (SSSR count). The lowest BCUT2D eigenvalue weighted by molar-refractivity contribution is 0.0916. The van der Waals surface area contributed by atoms with Gasteiger partial charge >= 0.3 is 0 Å². The molecular formula is C18H22N2O3. The first kappa shape index (κ1) is 15.6. The number of carbonyl (C=O) groups is 1. The summed E-state index contributed by atoms with van der Waals surface area (Å²) in [7, 11) is 1.75. The van der Waals surface area contributed by atoms with Gasteiger partial charge in [0.15, 0.2) is 16.8 Å². The second kappa shape index (κ2) is 6.86. The average molecular weight is 314 g/mol. The number of benzene rings is 1. The Balaban J connectivity index is 1.81. The zero-order valence-electron chi connectivity index (χ0n) is 13.4. The molecule has 1 amide bonds. The highest BCUT2D eigenvalue weighted by Gasteiger charge is 2.17. The minimum Gasteiger partial charge on any atom is -0.448 e. The summed E-state index contributed by atoms with van der Waals surface area (Å²) >= 11 is 0. The highest BCUT2D eigenvalue weighted by Crippen LogP contribution is 2.23. The SMILES string of the molecule is CNc1cccc2c(=O)cc(C(=O)NCC3CCCCC3)oc12. The normalized spacial score (nSPS) is 15.5. The van der Waals surface area contributed by atoms with Crippen LogP contribution in [0.15, 0.2) is 33.5 Å². The zero-order valence-corrected chi connectivity index (χ0v) is 13.4. The van der Waals surface area contributed by atoms with Crippen LogP contribution >= 0.6 is 0 Å². The zero-order chi connectivity index (χ0) is 16.2. The van der Waals surface area contributed by atoms with Crippen LogP contribution in [0.2, 0.25) is 0 Å². The largest absolute Gasteiger partial charge is 0.448 e. The molecule has 5 heteroatoms. The Kier molecular flexibility index (Phi) is 4.65. The van der Waals surface area contributed by atoms with E-state index in [1.807, 2.05) is 6.07 Å². The molecule has 1 fully saturated rings. The fraction of sp³-hybridized carbons (Fsp3) is 0.444. The summed E-state index contributed by atoms with van der Waals surface area (Å²) in [6.07, 6.45) is 6.07. The maximum Gasteiger partial charge on any atom is 0.287 e. The van der Waals surface area contributed by atoms with Gasteiger partial charge in [-0.05, 0) is 30.9 Å². The molecule has 1 aliphatic carbocycles. The van der Waals surface area contributed by atoms with Gasteiger partial charge in [0.2, 0.25) is 0 Å². The first-order valence-corrected chi connectivity index (χ1v) is 8.22. The Morgan fingerprint density at radius 1 is 1.26 bits per heavy atom. The minimum absolute atomic E-state index is 0.0704. The van der Waals surface area contributed by atoms with E-state index in [2.05, 4.69) is 10.6 Å². The Morgan fingerprint density at radius 2 is 2.04 bits per heavy atom. The quantitative estimate of drug-likeness (QED) is 0.909. The van der Waals surface area contributed by atoms with Gasteiger partial charge in [0.1, 0.15) is 0 Å². The number of hydrogen-bond acceptors (Lipinski definition) is 4. The monoisotopic (exact) mass is 314 g/mol. The molecule has 2 aromatic rings. The Labute approximate surface area is 135 Å². The smallest absolute Gasteiger partial charge is 0.287 e. The number of hydrogen-bond donors (Lipinski definition) is 2. The molecule has 1 heterocycles. The van der Waals surface area contributed by atoms with E-state index < -0.39 is 0 Å². The molecule has 0 bridgehead atoms. The van der Waals surface area contributed by atoms with Gasteiger partial charge in [0.25, 0.3) is 5.91 Å². The molecule has 0 atom stereocenters. The van der Waals surface area contributed by atoms with Crippen LogP contribution in [0.5, 0.6) is 0 Å². The lowest BCUT2D eigenvalue weighted by atomic mass is 9.89. The van der Waals surface area contributed by atoms with Crippen molar-refractivity contribution in [1.29, 1.82) is 0 Å². The lowest BCUT2D eigenvalue weighted by Crippen LogP contribution is -2.30. The highest BCUT2D eigenvalue weighted by molar-refractivity contribution is 5.95. The molecule has 23 heavy (non-hydrogen) atoms. The van der Waals surface area contributed by atoms with Gasteiger partial charge in [-0.2, -0.15) is 0 Å². The molecule has 0 saturated heterocycles. The van der Waals surface area contributed by atoms with Gasteiger partial charge in [0.05, 0.1) is 11.1 Å². The van der Waals surface area contributed by atoms with Crippen LogP contribution in [-0.2, 0) is 0 Å². The van der Waals surface area contributed by atoms with E-state index in [-0.39, 0.29) is 17.1 Å². The number of amides is 1. The van der Waals surface area contributed by atoms with Gasteiger partial charge in [0, 0.05) is 19.7 Å². The van der Waals surface area contributed by atoms with E-state index in [0.717, 1.165) is 12.8 Å². The van der Waals surface area contributed by atoms with Gasteiger partial charge in [-0.1, -0.05) is 25.3 Å². The Morgan fingerprint density at radius 3 is 2.78 bits per heavy atom. The van der Waals surface area contributed by atoms with Gasteiger partial charge in [-0.15, -0.1) is 0 Å². The Bertz CT molecular complexity index is 760. The highest BCUT2D eigenvalue weighted by atomic mass is 16.3. The van der Waals surface area contributed by atoms with Crippen LogP contribution in [0, 0.1) is 5.92 Å². The molecule has 122 valence electrons. The van der Waals surface area contributed by atoms with Gasteiger partial charge in [-0.25, -0.2) is 0 Å². The van der Waals surface area contributed by atoms with Crippen molar-refractivity contribution in [3.05, 3.63) is 40.2 Å². The van der Waals surface area contributed by atoms with Crippen molar-refractivity contribution in [1.82, 2.24) is 5.32 Å². The van der Waals surface area contributed by atoms with E-state index in [1.54, 1.807) is 19.2 Å². The van der Waals surface area contributed by atoms with Crippen molar-refractivity contribution in [2.75, 3.05) is 18.9 Å². The standard InChI is InChI=1S/C18H22N2O3/c1-19-14-9-5-8-13-15(21)10-16(23-17(13)14)18(22)20-11-12-6-3-2-4-7-12/h5,8-10,12,19H,2-4,6-7,11H2,1H3,(H,20,22). The van der Waals surface area contributed by atoms with Crippen molar-refractivity contribution in [2.45, 2.75) is 32.1 Å². The molecule has 0 aliphatic heterocycles. The fourth-order valence-corrected chi connectivity index (χ4v) is 3.20. The number of rotatable bonds is 4. The number of fused-ring (bicyclic) bond motifs is 1. The minimum atomic E-state index is -0.319. The van der Waals surface area contributed by atoms with Crippen molar-refractivity contribution in [3.63, 3.8) is 0 Å². The summed E-state index contributed by atoms with van der Waals surface area (Å²) < 4.78 is 5.69. The first-order valence-electron chi connectivity index (χ1n) is 8.22. The van der Waals surface area contributed by atoms with E-state index in [9.17, 15) is 9.59 Å². The molecule has 0 radical (unpaired) electrons. The third-order valence-corrected chi connectivity index (χ3v) is 4.52. The van der Waals surface area contributed by atoms with Crippen LogP contribution in [0.3, 0.4) is 0 Å². The van der Waals surface area contributed by atoms with E-state index in [4.69, 9.17) is 4.42 Å². The predicted molar refractivity (Wildman–Crippen MR) is 90.9 cm³/mol. The van der Waals surface area contributed by atoms with Crippen LogP contribution in [-0.4, -0.2) is 19.5 Å². The van der Waals surface area contributed by atoms with Crippen molar-refractivity contribution in [3.8, 4) is 0 Å². The topological polar surface area (TPSA) is 71.3 Å². The molecular weight excluding hydrogens is 292 g/mol. The van der Waals surface area contributed by atoms with Crippen LogP contribution < -0.4 is 16.1 Å².